The zero-order valence-electron chi connectivity index (χ0n) is 21.4. The molecule has 2 aromatic carbocycles. The van der Waals surface area contributed by atoms with Crippen molar-refractivity contribution >= 4 is 40.2 Å². The molecule has 0 radical (unpaired) electrons. The number of halogens is 4. The van der Waals surface area contributed by atoms with E-state index in [9.17, 15) is 28.2 Å². The van der Waals surface area contributed by atoms with Crippen molar-refractivity contribution in [3.63, 3.8) is 0 Å². The summed E-state index contributed by atoms with van der Waals surface area (Å²) >= 11 is 7.49. The number of carboxylic acid groups (broad SMARTS) is 1. The summed E-state index contributed by atoms with van der Waals surface area (Å²) in [5.74, 6) is -2.94. The molecule has 1 aromatic heterocycles. The van der Waals surface area contributed by atoms with Gasteiger partial charge in [-0.15, -0.1) is 11.8 Å². The van der Waals surface area contributed by atoms with E-state index < -0.39 is 34.9 Å². The number of nitrogens with zero attached hydrogens (tertiary/aromatic N) is 2. The summed E-state index contributed by atoms with van der Waals surface area (Å²) in [7, 11) is 1.55. The minimum absolute atomic E-state index is 0.0191. The largest absolute Gasteiger partial charge is 0.497 e. The van der Waals surface area contributed by atoms with Crippen LogP contribution >= 0.6 is 23.4 Å². The lowest BCUT2D eigenvalue weighted by atomic mass is 9.71. The van der Waals surface area contributed by atoms with Crippen molar-refractivity contribution in [2.45, 2.75) is 43.1 Å². The zero-order chi connectivity index (χ0) is 28.2. The van der Waals surface area contributed by atoms with Crippen LogP contribution in [0.2, 0.25) is 5.02 Å². The number of aliphatic carboxylic acids is 1. The monoisotopic (exact) mass is 582 g/mol. The lowest BCUT2D eigenvalue weighted by Gasteiger charge is -2.41. The van der Waals surface area contributed by atoms with E-state index in [2.05, 4.69) is 9.88 Å². The van der Waals surface area contributed by atoms with Crippen LogP contribution < -0.4 is 4.74 Å². The molecular formula is C28H30ClF3N2O4S. The van der Waals surface area contributed by atoms with Crippen LogP contribution in [-0.2, 0) is 4.79 Å². The van der Waals surface area contributed by atoms with Gasteiger partial charge >= 0.3 is 5.97 Å². The molecule has 1 atom stereocenters. The van der Waals surface area contributed by atoms with Crippen molar-refractivity contribution in [3.05, 3.63) is 64.6 Å². The number of carbonyl (C=O) groups is 1. The van der Waals surface area contributed by atoms with Crippen molar-refractivity contribution < 1.29 is 32.9 Å². The summed E-state index contributed by atoms with van der Waals surface area (Å²) in [4.78, 5) is 18.2. The first-order valence-electron chi connectivity index (χ1n) is 12.6. The van der Waals surface area contributed by atoms with Crippen molar-refractivity contribution in [1.29, 1.82) is 0 Å². The molecule has 1 fully saturated rings. The molecule has 2 N–H and O–H groups in total. The van der Waals surface area contributed by atoms with Crippen LogP contribution in [0.15, 0.2) is 41.4 Å². The molecule has 1 aliphatic heterocycles. The molecule has 0 bridgehead atoms. The number of fused-ring (bicyclic) bond motifs is 1. The number of ether oxygens (including phenoxy) is 1. The SMILES string of the molecule is COc1ccc2ncc(Cl)c([C@@H](O)CCC3(CC(=O)O)CCN(CCSc4cc(F)cc(F)c4F)CC3)c2c1. The van der Waals surface area contributed by atoms with Gasteiger partial charge in [-0.25, -0.2) is 13.2 Å². The number of thioether (sulfide) groups is 1. The summed E-state index contributed by atoms with van der Waals surface area (Å²) in [5, 5.41) is 21.8. The third kappa shape index (κ3) is 7.16. The zero-order valence-corrected chi connectivity index (χ0v) is 23.0. The highest BCUT2D eigenvalue weighted by Gasteiger charge is 2.37. The van der Waals surface area contributed by atoms with Gasteiger partial charge in [0.25, 0.3) is 0 Å². The second-order valence-electron chi connectivity index (χ2n) is 9.92. The average molecular weight is 583 g/mol. The number of aliphatic hydroxyl groups is 1. The number of rotatable bonds is 11. The highest BCUT2D eigenvalue weighted by molar-refractivity contribution is 7.99. The topological polar surface area (TPSA) is 82.9 Å². The highest BCUT2D eigenvalue weighted by Crippen LogP contribution is 2.43. The quantitative estimate of drug-likeness (QED) is 0.198. The van der Waals surface area contributed by atoms with Crippen LogP contribution in [0.25, 0.3) is 10.9 Å². The van der Waals surface area contributed by atoms with Gasteiger partial charge in [0.2, 0.25) is 0 Å². The molecule has 0 aliphatic carbocycles. The number of likely N-dealkylation sites (tertiary alicyclic amines) is 1. The van der Waals surface area contributed by atoms with Gasteiger partial charge in [0.1, 0.15) is 11.6 Å². The third-order valence-corrected chi connectivity index (χ3v) is 8.71. The predicted octanol–water partition coefficient (Wildman–Crippen LogP) is 6.48. The summed E-state index contributed by atoms with van der Waals surface area (Å²) in [5.41, 5.74) is 0.712. The Hall–Kier alpha value is -2.53. The third-order valence-electron chi connectivity index (χ3n) is 7.42. The number of piperidine rings is 1. The van der Waals surface area contributed by atoms with Crippen LogP contribution in [0.4, 0.5) is 13.2 Å². The van der Waals surface area contributed by atoms with E-state index in [0.29, 0.717) is 84.4 Å². The van der Waals surface area contributed by atoms with Gasteiger partial charge in [-0.3, -0.25) is 9.78 Å². The molecule has 0 amide bonds. The molecule has 4 rings (SSSR count). The fraction of sp³-hybridized carbons (Fsp3) is 0.429. The van der Waals surface area contributed by atoms with E-state index >= 15 is 0 Å². The van der Waals surface area contributed by atoms with Gasteiger partial charge in [-0.2, -0.15) is 0 Å². The van der Waals surface area contributed by atoms with Crippen molar-refractivity contribution in [2.24, 2.45) is 5.41 Å². The maximum Gasteiger partial charge on any atom is 0.303 e. The second kappa shape index (κ2) is 12.8. The van der Waals surface area contributed by atoms with Gasteiger partial charge in [0, 0.05) is 40.4 Å². The highest BCUT2D eigenvalue weighted by atomic mass is 35.5. The van der Waals surface area contributed by atoms with Crippen LogP contribution in [-0.4, -0.2) is 58.6 Å². The van der Waals surface area contributed by atoms with Gasteiger partial charge in [-0.05, 0) is 68.5 Å². The number of hydrogen-bond donors (Lipinski definition) is 2. The van der Waals surface area contributed by atoms with Gasteiger partial charge in [-0.1, -0.05) is 11.6 Å². The normalized spacial score (nSPS) is 16.4. The Bertz CT molecular complexity index is 1340. The number of benzene rings is 2. The van der Waals surface area contributed by atoms with E-state index in [4.69, 9.17) is 16.3 Å². The molecule has 11 heteroatoms. The number of pyridine rings is 1. The van der Waals surface area contributed by atoms with Crippen molar-refractivity contribution in [2.75, 3.05) is 32.5 Å². The van der Waals surface area contributed by atoms with E-state index in [1.165, 1.54) is 6.20 Å². The summed E-state index contributed by atoms with van der Waals surface area (Å²) in [6.07, 6.45) is 2.59. The molecule has 39 heavy (non-hydrogen) atoms. The Morgan fingerprint density at radius 3 is 2.67 bits per heavy atom. The molecular weight excluding hydrogens is 553 g/mol. The molecule has 6 nitrogen and oxygen atoms in total. The molecule has 2 heterocycles. The van der Waals surface area contributed by atoms with Gasteiger partial charge < -0.3 is 19.8 Å². The maximum absolute atomic E-state index is 13.9. The average Bonchev–Trinajstić information content (AvgIpc) is 2.90. The maximum atomic E-state index is 13.9. The Morgan fingerprint density at radius 1 is 1.23 bits per heavy atom. The lowest BCUT2D eigenvalue weighted by molar-refractivity contribution is -0.141. The van der Waals surface area contributed by atoms with E-state index in [-0.39, 0.29) is 11.3 Å². The Balaban J connectivity index is 1.39. The van der Waals surface area contributed by atoms with Crippen molar-refractivity contribution in [1.82, 2.24) is 9.88 Å². The Labute approximate surface area is 234 Å². The molecule has 0 unspecified atom stereocenters. The second-order valence-corrected chi connectivity index (χ2v) is 11.5. The first kappa shape index (κ1) is 29.5. The van der Waals surface area contributed by atoms with Crippen LogP contribution in [0.1, 0.15) is 43.8 Å². The van der Waals surface area contributed by atoms with Gasteiger partial charge in [0.05, 0.1) is 30.2 Å². The number of aromatic nitrogens is 1. The standard InChI is InChI=1S/C28H30ClF3N2O4S/c1-38-18-2-3-22-19(14-18)26(20(29)16-33-22)23(35)4-5-28(15-25(36)37)6-8-34(9-7-28)10-11-39-24-13-17(30)12-21(31)27(24)32/h2-3,12-14,16,23,35H,4-11,15H2,1H3,(H,36,37)/t23-/m0/s1. The fourth-order valence-corrected chi connectivity index (χ4v) is 6.50. The molecule has 1 aliphatic rings. The van der Waals surface area contributed by atoms with Gasteiger partial charge in [0.15, 0.2) is 11.6 Å². The van der Waals surface area contributed by atoms with E-state index in [1.54, 1.807) is 25.3 Å². The van der Waals surface area contributed by atoms with Crippen LogP contribution in [0, 0.1) is 22.9 Å². The Morgan fingerprint density at radius 2 is 1.97 bits per heavy atom. The van der Waals surface area contributed by atoms with E-state index in [1.807, 2.05) is 0 Å². The van der Waals surface area contributed by atoms with Crippen LogP contribution in [0.3, 0.4) is 0 Å². The fourth-order valence-electron chi connectivity index (χ4n) is 5.23. The molecule has 0 saturated carbocycles. The Kier molecular flexibility index (Phi) is 9.64. The smallest absolute Gasteiger partial charge is 0.303 e. The number of aliphatic hydroxyl groups excluding tert-OH is 1. The lowest BCUT2D eigenvalue weighted by Crippen LogP contribution is -2.42. The molecule has 1 saturated heterocycles. The summed E-state index contributed by atoms with van der Waals surface area (Å²) in [6.45, 7) is 1.81. The summed E-state index contributed by atoms with van der Waals surface area (Å²) < 4.78 is 46.1. The predicted molar refractivity (Wildman–Crippen MR) is 145 cm³/mol. The molecule has 0 spiro atoms. The number of methoxy groups -OCH3 is 1. The number of carboxylic acids is 1. The minimum atomic E-state index is -1.21. The molecule has 210 valence electrons. The number of hydrogen-bond acceptors (Lipinski definition) is 6. The minimum Gasteiger partial charge on any atom is -0.497 e. The van der Waals surface area contributed by atoms with Crippen molar-refractivity contribution in [3.8, 4) is 5.75 Å². The molecule has 3 aromatic rings. The van der Waals surface area contributed by atoms with Crippen LogP contribution in [0.5, 0.6) is 5.75 Å². The summed E-state index contributed by atoms with van der Waals surface area (Å²) in [6, 6.07) is 6.85. The van der Waals surface area contributed by atoms with E-state index in [0.717, 1.165) is 17.8 Å². The first-order chi connectivity index (χ1) is 18.6. The first-order valence-corrected chi connectivity index (χ1v) is 14.0.